The third-order valence-electron chi connectivity index (χ3n) is 3.24. The predicted molar refractivity (Wildman–Crippen MR) is 72.8 cm³/mol. The van der Waals surface area contributed by atoms with Gasteiger partial charge in [-0.15, -0.1) is 0 Å². The highest BCUT2D eigenvalue weighted by molar-refractivity contribution is 8.00. The molecule has 0 aliphatic heterocycles. The molecular weight excluding hydrogens is 248 g/mol. The summed E-state index contributed by atoms with van der Waals surface area (Å²) in [4.78, 5) is 15.5. The van der Waals surface area contributed by atoms with Gasteiger partial charge < -0.3 is 10.1 Å². The molecule has 0 radical (unpaired) electrons. The number of thioether (sulfide) groups is 1. The van der Waals surface area contributed by atoms with Gasteiger partial charge in [0.2, 0.25) is 0 Å². The summed E-state index contributed by atoms with van der Waals surface area (Å²) in [6, 6.07) is 3.61. The summed E-state index contributed by atoms with van der Waals surface area (Å²) in [6.07, 6.45) is 6.33. The number of pyridine rings is 1. The first kappa shape index (κ1) is 13.4. The minimum absolute atomic E-state index is 0.346. The molecule has 18 heavy (non-hydrogen) atoms. The number of methoxy groups -OCH3 is 1. The Morgan fingerprint density at radius 2 is 2.33 bits per heavy atom. The van der Waals surface area contributed by atoms with Crippen molar-refractivity contribution in [3.63, 3.8) is 0 Å². The fourth-order valence-electron chi connectivity index (χ4n) is 1.78. The molecule has 0 unspecified atom stereocenters. The van der Waals surface area contributed by atoms with E-state index < -0.39 is 0 Å². The molecule has 1 N–H and O–H groups in total. The summed E-state index contributed by atoms with van der Waals surface area (Å²) in [6.45, 7) is 1.76. The number of nitrogens with one attached hydrogen (secondary N) is 1. The summed E-state index contributed by atoms with van der Waals surface area (Å²) in [5.41, 5.74) is 1.43. The summed E-state index contributed by atoms with van der Waals surface area (Å²) >= 11 is 1.94. The molecule has 98 valence electrons. The van der Waals surface area contributed by atoms with E-state index in [-0.39, 0.29) is 5.97 Å². The zero-order valence-corrected chi connectivity index (χ0v) is 11.5. The van der Waals surface area contributed by atoms with Gasteiger partial charge in [-0.3, -0.25) is 4.98 Å². The van der Waals surface area contributed by atoms with Gasteiger partial charge >= 0.3 is 5.97 Å². The van der Waals surface area contributed by atoms with Gasteiger partial charge in [-0.05, 0) is 31.2 Å². The van der Waals surface area contributed by atoms with Crippen LogP contribution >= 0.6 is 11.8 Å². The van der Waals surface area contributed by atoms with E-state index in [2.05, 4.69) is 21.3 Å². The lowest BCUT2D eigenvalue weighted by molar-refractivity contribution is 0.0600. The van der Waals surface area contributed by atoms with Crippen LogP contribution in [-0.4, -0.2) is 35.6 Å². The molecule has 1 aromatic heterocycles. The highest BCUT2D eigenvalue weighted by atomic mass is 32.2. The van der Waals surface area contributed by atoms with E-state index in [0.717, 1.165) is 18.8 Å². The van der Waals surface area contributed by atoms with E-state index in [9.17, 15) is 4.79 Å². The monoisotopic (exact) mass is 266 g/mol. The van der Waals surface area contributed by atoms with Crippen molar-refractivity contribution in [1.82, 2.24) is 10.3 Å². The van der Waals surface area contributed by atoms with Crippen molar-refractivity contribution in [1.29, 1.82) is 0 Å². The highest BCUT2D eigenvalue weighted by Gasteiger charge is 2.41. The van der Waals surface area contributed by atoms with Crippen molar-refractivity contribution in [2.24, 2.45) is 0 Å². The number of rotatable bonds is 6. The van der Waals surface area contributed by atoms with Crippen LogP contribution in [0.5, 0.6) is 0 Å². The van der Waals surface area contributed by atoms with Gasteiger partial charge in [0.25, 0.3) is 0 Å². The maximum absolute atomic E-state index is 11.2. The van der Waals surface area contributed by atoms with Crippen LogP contribution in [0.2, 0.25) is 0 Å². The Kier molecular flexibility index (Phi) is 4.24. The maximum atomic E-state index is 11.2. The van der Waals surface area contributed by atoms with Crippen molar-refractivity contribution in [3.05, 3.63) is 29.6 Å². The van der Waals surface area contributed by atoms with Crippen LogP contribution in [0.1, 0.15) is 28.9 Å². The lowest BCUT2D eigenvalue weighted by atomic mass is 10.2. The van der Waals surface area contributed by atoms with Gasteiger partial charge in [-0.2, -0.15) is 11.8 Å². The fraction of sp³-hybridized carbons (Fsp3) is 0.538. The van der Waals surface area contributed by atoms with E-state index in [4.69, 9.17) is 0 Å². The van der Waals surface area contributed by atoms with Crippen molar-refractivity contribution >= 4 is 17.7 Å². The van der Waals surface area contributed by atoms with Crippen LogP contribution in [0.3, 0.4) is 0 Å². The molecule has 1 fully saturated rings. The number of carbonyl (C=O) groups excluding carboxylic acids is 1. The van der Waals surface area contributed by atoms with Crippen LogP contribution < -0.4 is 5.32 Å². The van der Waals surface area contributed by atoms with Crippen molar-refractivity contribution in [2.45, 2.75) is 24.1 Å². The predicted octanol–water partition coefficient (Wildman–Crippen LogP) is 1.85. The Bertz CT molecular complexity index is 416. The molecule has 1 saturated carbocycles. The molecular formula is C13H18N2O2S. The van der Waals surface area contributed by atoms with E-state index in [1.807, 2.05) is 17.8 Å². The molecule has 0 saturated heterocycles. The van der Waals surface area contributed by atoms with Crippen molar-refractivity contribution in [2.75, 3.05) is 19.9 Å². The van der Waals surface area contributed by atoms with Gasteiger partial charge in [-0.1, -0.05) is 0 Å². The molecule has 0 atom stereocenters. The number of hydrogen-bond donors (Lipinski definition) is 1. The first-order valence-electron chi connectivity index (χ1n) is 5.98. The summed E-state index contributed by atoms with van der Waals surface area (Å²) in [5.74, 6) is -0.346. The Morgan fingerprint density at radius 1 is 1.56 bits per heavy atom. The van der Waals surface area contributed by atoms with Crippen LogP contribution in [0, 0.1) is 0 Å². The second-order valence-corrected chi connectivity index (χ2v) is 5.79. The molecule has 0 amide bonds. The first-order chi connectivity index (χ1) is 8.69. The quantitative estimate of drug-likeness (QED) is 0.796. The first-order valence-corrected chi connectivity index (χ1v) is 7.21. The molecule has 1 aromatic rings. The molecule has 0 spiro atoms. The van der Waals surface area contributed by atoms with Gasteiger partial charge in [-0.25, -0.2) is 4.79 Å². The van der Waals surface area contributed by atoms with E-state index >= 15 is 0 Å². The fourth-order valence-corrected chi connectivity index (χ4v) is 2.54. The second-order valence-electron chi connectivity index (χ2n) is 4.52. The van der Waals surface area contributed by atoms with Crippen molar-refractivity contribution in [3.8, 4) is 0 Å². The van der Waals surface area contributed by atoms with Crippen LogP contribution in [0.25, 0.3) is 0 Å². The molecule has 0 bridgehead atoms. The number of esters is 1. The van der Waals surface area contributed by atoms with Gasteiger partial charge in [0, 0.05) is 24.0 Å². The van der Waals surface area contributed by atoms with E-state index in [0.29, 0.717) is 10.3 Å². The molecule has 1 aliphatic rings. The summed E-state index contributed by atoms with van der Waals surface area (Å²) in [7, 11) is 1.37. The van der Waals surface area contributed by atoms with E-state index in [1.165, 1.54) is 20.0 Å². The van der Waals surface area contributed by atoms with E-state index in [1.54, 1.807) is 12.3 Å². The zero-order valence-electron chi connectivity index (χ0n) is 10.7. The Morgan fingerprint density at radius 3 is 2.83 bits per heavy atom. The standard InChI is InChI=1S/C13H18N2O2S/c1-17-12(16)10-3-4-11(15-7-10)8-14-9-13(18-2)5-6-13/h3-4,7,14H,5-6,8-9H2,1-2H3. The lowest BCUT2D eigenvalue weighted by Crippen LogP contribution is -2.25. The molecule has 1 heterocycles. The van der Waals surface area contributed by atoms with Crippen molar-refractivity contribution < 1.29 is 9.53 Å². The molecule has 2 rings (SSSR count). The number of nitrogens with zero attached hydrogens (tertiary/aromatic N) is 1. The highest BCUT2D eigenvalue weighted by Crippen LogP contribution is 2.46. The molecule has 4 nitrogen and oxygen atoms in total. The molecule has 1 aliphatic carbocycles. The summed E-state index contributed by atoms with van der Waals surface area (Å²) in [5, 5.41) is 3.42. The van der Waals surface area contributed by atoms with Crippen LogP contribution in [0.4, 0.5) is 0 Å². The number of ether oxygens (including phenoxy) is 1. The van der Waals surface area contributed by atoms with Crippen LogP contribution in [-0.2, 0) is 11.3 Å². The average molecular weight is 266 g/mol. The molecule has 5 heteroatoms. The van der Waals surface area contributed by atoms with Crippen LogP contribution in [0.15, 0.2) is 18.3 Å². The third-order valence-corrected chi connectivity index (χ3v) is 4.66. The molecule has 0 aromatic carbocycles. The smallest absolute Gasteiger partial charge is 0.339 e. The van der Waals surface area contributed by atoms with Gasteiger partial charge in [0.15, 0.2) is 0 Å². The normalized spacial score (nSPS) is 16.3. The zero-order chi connectivity index (χ0) is 13.0. The SMILES string of the molecule is COC(=O)c1ccc(CNCC2(SC)CC2)nc1. The maximum Gasteiger partial charge on any atom is 0.339 e. The number of carbonyl (C=O) groups is 1. The number of hydrogen-bond acceptors (Lipinski definition) is 5. The van der Waals surface area contributed by atoms with Gasteiger partial charge in [0.05, 0.1) is 18.4 Å². The summed E-state index contributed by atoms with van der Waals surface area (Å²) < 4.78 is 5.09. The average Bonchev–Trinajstić information content (AvgIpc) is 3.19. The minimum Gasteiger partial charge on any atom is -0.465 e. The third kappa shape index (κ3) is 3.23. The Balaban J connectivity index is 1.81. The largest absolute Gasteiger partial charge is 0.465 e. The van der Waals surface area contributed by atoms with Gasteiger partial charge in [0.1, 0.15) is 0 Å². The second kappa shape index (κ2) is 5.71. The Labute approximate surface area is 112 Å². The minimum atomic E-state index is -0.346. The number of aromatic nitrogens is 1. The lowest BCUT2D eigenvalue weighted by Gasteiger charge is -2.12. The topological polar surface area (TPSA) is 51.2 Å². The Hall–Kier alpha value is -1.07.